The number of aliphatic hydroxyl groups is 1. The molecule has 0 fully saturated rings. The minimum absolute atomic E-state index is 0.390. The maximum atomic E-state index is 9.12. The molecule has 2 aromatic heterocycles. The normalized spacial score (nSPS) is 13.0. The van der Waals surface area contributed by atoms with Crippen LogP contribution in [0.25, 0.3) is 11.0 Å². The second-order valence-corrected chi connectivity index (χ2v) is 3.19. The van der Waals surface area contributed by atoms with Gasteiger partial charge in [0.05, 0.1) is 11.5 Å². The summed E-state index contributed by atoms with van der Waals surface area (Å²) in [6.45, 7) is 2.21. The zero-order chi connectivity index (χ0) is 9.97. The Bertz CT molecular complexity index is 423. The largest absolute Gasteiger partial charge is 0.392 e. The summed E-state index contributed by atoms with van der Waals surface area (Å²) in [5.41, 5.74) is 0.799. The van der Waals surface area contributed by atoms with E-state index in [4.69, 9.17) is 5.11 Å². The number of aromatic nitrogens is 3. The molecule has 0 aromatic carbocycles. The molecule has 14 heavy (non-hydrogen) atoms. The quantitative estimate of drug-likeness (QED) is 0.671. The predicted octanol–water partition coefficient (Wildman–Crippen LogP) is 0.751. The lowest BCUT2D eigenvalue weighted by molar-refractivity contribution is 0.208. The molecule has 0 amide bonds. The van der Waals surface area contributed by atoms with Crippen LogP contribution in [-0.4, -0.2) is 32.7 Å². The summed E-state index contributed by atoms with van der Waals surface area (Å²) in [4.78, 5) is 11.2. The Labute approximate surface area is 81.2 Å². The van der Waals surface area contributed by atoms with Gasteiger partial charge in [0, 0.05) is 12.7 Å². The zero-order valence-corrected chi connectivity index (χ0v) is 7.86. The third-order valence-corrected chi connectivity index (χ3v) is 1.92. The van der Waals surface area contributed by atoms with Gasteiger partial charge in [0.1, 0.15) is 17.8 Å². The molecule has 0 aliphatic carbocycles. The molecular formula is C9H12N4O. The van der Waals surface area contributed by atoms with E-state index in [2.05, 4.69) is 20.3 Å². The molecule has 1 unspecified atom stereocenters. The van der Waals surface area contributed by atoms with E-state index in [-0.39, 0.29) is 6.10 Å². The smallest absolute Gasteiger partial charge is 0.142 e. The van der Waals surface area contributed by atoms with E-state index in [1.807, 2.05) is 12.3 Å². The lowest BCUT2D eigenvalue weighted by atomic mass is 10.3. The summed E-state index contributed by atoms with van der Waals surface area (Å²) >= 11 is 0. The molecule has 5 nitrogen and oxygen atoms in total. The Morgan fingerprint density at radius 2 is 2.43 bits per heavy atom. The van der Waals surface area contributed by atoms with E-state index >= 15 is 0 Å². The first-order chi connectivity index (χ1) is 6.77. The van der Waals surface area contributed by atoms with Gasteiger partial charge in [-0.1, -0.05) is 0 Å². The fourth-order valence-corrected chi connectivity index (χ4v) is 1.26. The van der Waals surface area contributed by atoms with Crippen molar-refractivity contribution >= 4 is 16.9 Å². The van der Waals surface area contributed by atoms with Gasteiger partial charge in [-0.25, -0.2) is 9.97 Å². The summed E-state index contributed by atoms with van der Waals surface area (Å²) in [7, 11) is 0. The number of nitrogens with one attached hydrogen (secondary N) is 2. The maximum Gasteiger partial charge on any atom is 0.142 e. The standard InChI is InChI=1S/C9H12N4O/c1-6(14)4-11-9-7-2-3-10-8(7)12-5-13-9/h2-3,5-6,14H,4H2,1H3,(H2,10,11,12,13). The number of aliphatic hydroxyl groups excluding tert-OH is 1. The number of hydrogen-bond acceptors (Lipinski definition) is 4. The van der Waals surface area contributed by atoms with Crippen molar-refractivity contribution in [2.45, 2.75) is 13.0 Å². The van der Waals surface area contributed by atoms with Gasteiger partial charge in [-0.2, -0.15) is 0 Å². The fourth-order valence-electron chi connectivity index (χ4n) is 1.26. The van der Waals surface area contributed by atoms with Crippen molar-refractivity contribution in [1.29, 1.82) is 0 Å². The molecule has 0 saturated carbocycles. The maximum absolute atomic E-state index is 9.12. The highest BCUT2D eigenvalue weighted by atomic mass is 16.3. The first-order valence-corrected chi connectivity index (χ1v) is 4.47. The molecule has 0 aliphatic rings. The SMILES string of the molecule is CC(O)CNc1ncnc2[nH]ccc12. The molecule has 1 atom stereocenters. The fraction of sp³-hybridized carbons (Fsp3) is 0.333. The lowest BCUT2D eigenvalue weighted by Gasteiger charge is -2.07. The van der Waals surface area contributed by atoms with E-state index in [0.717, 1.165) is 16.9 Å². The van der Waals surface area contributed by atoms with Crippen LogP contribution >= 0.6 is 0 Å². The first-order valence-electron chi connectivity index (χ1n) is 4.47. The van der Waals surface area contributed by atoms with Crippen LogP contribution in [0, 0.1) is 0 Å². The number of anilines is 1. The van der Waals surface area contributed by atoms with Crippen molar-refractivity contribution in [2.24, 2.45) is 0 Å². The third-order valence-electron chi connectivity index (χ3n) is 1.92. The minimum atomic E-state index is -0.390. The number of H-pyrrole nitrogens is 1. The molecule has 0 aliphatic heterocycles. The third kappa shape index (κ3) is 1.67. The van der Waals surface area contributed by atoms with Gasteiger partial charge in [-0.3, -0.25) is 0 Å². The molecule has 74 valence electrons. The lowest BCUT2D eigenvalue weighted by Crippen LogP contribution is -2.16. The molecule has 0 saturated heterocycles. The van der Waals surface area contributed by atoms with Crippen LogP contribution in [0.1, 0.15) is 6.92 Å². The van der Waals surface area contributed by atoms with Crippen LogP contribution in [0.4, 0.5) is 5.82 Å². The Balaban J connectivity index is 2.27. The van der Waals surface area contributed by atoms with E-state index in [1.54, 1.807) is 6.92 Å². The highest BCUT2D eigenvalue weighted by Gasteiger charge is 2.04. The van der Waals surface area contributed by atoms with Crippen LogP contribution in [0.2, 0.25) is 0 Å². The van der Waals surface area contributed by atoms with Gasteiger partial charge in [-0.15, -0.1) is 0 Å². The number of fused-ring (bicyclic) bond motifs is 1. The highest BCUT2D eigenvalue weighted by Crippen LogP contribution is 2.16. The van der Waals surface area contributed by atoms with E-state index < -0.39 is 0 Å². The molecular weight excluding hydrogens is 180 g/mol. The van der Waals surface area contributed by atoms with Crippen molar-refractivity contribution in [2.75, 3.05) is 11.9 Å². The van der Waals surface area contributed by atoms with E-state index in [0.29, 0.717) is 6.54 Å². The van der Waals surface area contributed by atoms with Gasteiger partial charge in [0.2, 0.25) is 0 Å². The summed E-state index contributed by atoms with van der Waals surface area (Å²) in [5, 5.41) is 13.1. The molecule has 0 bridgehead atoms. The van der Waals surface area contributed by atoms with Gasteiger partial charge in [-0.05, 0) is 13.0 Å². The molecule has 2 aromatic rings. The molecule has 3 N–H and O–H groups in total. The topological polar surface area (TPSA) is 73.8 Å². The molecule has 0 spiro atoms. The van der Waals surface area contributed by atoms with Gasteiger partial charge in [0.25, 0.3) is 0 Å². The van der Waals surface area contributed by atoms with Crippen molar-refractivity contribution in [3.05, 3.63) is 18.6 Å². The highest BCUT2D eigenvalue weighted by molar-refractivity contribution is 5.86. The first kappa shape index (κ1) is 8.96. The number of aromatic amines is 1. The number of nitrogens with zero attached hydrogens (tertiary/aromatic N) is 2. The van der Waals surface area contributed by atoms with Crippen molar-refractivity contribution in [3.8, 4) is 0 Å². The van der Waals surface area contributed by atoms with Crippen LogP contribution in [0.5, 0.6) is 0 Å². The van der Waals surface area contributed by atoms with Gasteiger partial charge in [0.15, 0.2) is 0 Å². The zero-order valence-electron chi connectivity index (χ0n) is 7.86. The Hall–Kier alpha value is -1.62. The van der Waals surface area contributed by atoms with Crippen LogP contribution in [0.15, 0.2) is 18.6 Å². The average molecular weight is 192 g/mol. The minimum Gasteiger partial charge on any atom is -0.392 e. The number of hydrogen-bond donors (Lipinski definition) is 3. The second-order valence-electron chi connectivity index (χ2n) is 3.19. The van der Waals surface area contributed by atoms with Gasteiger partial charge < -0.3 is 15.4 Å². The molecule has 2 rings (SSSR count). The Morgan fingerprint density at radius 1 is 1.57 bits per heavy atom. The summed E-state index contributed by atoms with van der Waals surface area (Å²) in [6.07, 6.45) is 2.91. The Kier molecular flexibility index (Phi) is 2.32. The number of rotatable bonds is 3. The molecule has 5 heteroatoms. The van der Waals surface area contributed by atoms with Crippen molar-refractivity contribution < 1.29 is 5.11 Å². The van der Waals surface area contributed by atoms with E-state index in [1.165, 1.54) is 6.33 Å². The summed E-state index contributed by atoms with van der Waals surface area (Å²) in [6, 6.07) is 1.90. The van der Waals surface area contributed by atoms with Crippen molar-refractivity contribution in [3.63, 3.8) is 0 Å². The monoisotopic (exact) mass is 192 g/mol. The molecule has 2 heterocycles. The van der Waals surface area contributed by atoms with Crippen LogP contribution in [-0.2, 0) is 0 Å². The Morgan fingerprint density at radius 3 is 3.21 bits per heavy atom. The van der Waals surface area contributed by atoms with Gasteiger partial charge >= 0.3 is 0 Å². The second kappa shape index (κ2) is 3.63. The van der Waals surface area contributed by atoms with Crippen LogP contribution in [0.3, 0.4) is 0 Å². The predicted molar refractivity (Wildman–Crippen MR) is 54.1 cm³/mol. The van der Waals surface area contributed by atoms with E-state index in [9.17, 15) is 0 Å². The molecule has 0 radical (unpaired) electrons. The van der Waals surface area contributed by atoms with Crippen molar-refractivity contribution in [1.82, 2.24) is 15.0 Å². The van der Waals surface area contributed by atoms with Crippen LogP contribution < -0.4 is 5.32 Å². The summed E-state index contributed by atoms with van der Waals surface area (Å²) < 4.78 is 0. The summed E-state index contributed by atoms with van der Waals surface area (Å²) in [5.74, 6) is 0.747. The average Bonchev–Trinajstić information content (AvgIpc) is 2.62.